The SMILES string of the molecule is C=CCNS(=O)(=O)c1ccc(C(=O)OC(C)c2nc3ccccc3c(=O)[nH]2)cc1. The van der Waals surface area contributed by atoms with E-state index in [1.807, 2.05) is 0 Å². The minimum atomic E-state index is -3.68. The number of nitrogens with zero attached hydrogens (tertiary/aromatic N) is 1. The number of carbonyl (C=O) groups excluding carboxylic acids is 1. The predicted molar refractivity (Wildman–Crippen MR) is 108 cm³/mol. The quantitative estimate of drug-likeness (QED) is 0.453. The first-order valence-corrected chi connectivity index (χ1v) is 10.2. The summed E-state index contributed by atoms with van der Waals surface area (Å²) in [6, 6.07) is 12.2. The number of H-pyrrole nitrogens is 1. The average Bonchev–Trinajstić information content (AvgIpc) is 2.72. The van der Waals surface area contributed by atoms with Crippen molar-refractivity contribution in [3.8, 4) is 0 Å². The van der Waals surface area contributed by atoms with Crippen LogP contribution in [0, 0.1) is 0 Å². The zero-order valence-electron chi connectivity index (χ0n) is 15.6. The fourth-order valence-corrected chi connectivity index (χ4v) is 3.60. The van der Waals surface area contributed by atoms with E-state index in [0.717, 1.165) is 0 Å². The van der Waals surface area contributed by atoms with Gasteiger partial charge in [-0.05, 0) is 43.3 Å². The van der Waals surface area contributed by atoms with Crippen molar-refractivity contribution >= 4 is 26.9 Å². The molecule has 0 saturated heterocycles. The van der Waals surface area contributed by atoms with Gasteiger partial charge in [-0.2, -0.15) is 0 Å². The first kappa shape index (κ1) is 20.4. The number of hydrogen-bond donors (Lipinski definition) is 2. The van der Waals surface area contributed by atoms with Gasteiger partial charge in [-0.3, -0.25) is 4.79 Å². The molecule has 1 unspecified atom stereocenters. The smallest absolute Gasteiger partial charge is 0.338 e. The van der Waals surface area contributed by atoms with Crippen molar-refractivity contribution in [3.63, 3.8) is 0 Å². The van der Waals surface area contributed by atoms with Crippen LogP contribution in [-0.4, -0.2) is 30.9 Å². The third-order valence-electron chi connectivity index (χ3n) is 4.12. The Morgan fingerprint density at radius 2 is 1.93 bits per heavy atom. The van der Waals surface area contributed by atoms with Crippen LogP contribution in [0.15, 0.2) is 70.9 Å². The minimum absolute atomic E-state index is 0.0180. The molecule has 0 amide bonds. The number of rotatable bonds is 7. The van der Waals surface area contributed by atoms with Crippen LogP contribution in [0.4, 0.5) is 0 Å². The van der Waals surface area contributed by atoms with E-state index in [2.05, 4.69) is 21.3 Å². The van der Waals surface area contributed by atoms with E-state index in [9.17, 15) is 18.0 Å². The summed E-state index contributed by atoms with van der Waals surface area (Å²) in [5, 5.41) is 0.441. The number of sulfonamides is 1. The molecule has 0 spiro atoms. The minimum Gasteiger partial charge on any atom is -0.451 e. The molecule has 3 rings (SSSR count). The highest BCUT2D eigenvalue weighted by molar-refractivity contribution is 7.89. The topological polar surface area (TPSA) is 118 Å². The molecule has 8 nitrogen and oxygen atoms in total. The maximum Gasteiger partial charge on any atom is 0.338 e. The fourth-order valence-electron chi connectivity index (χ4n) is 2.60. The summed E-state index contributed by atoms with van der Waals surface area (Å²) in [5.41, 5.74) is 0.341. The second-order valence-corrected chi connectivity index (χ2v) is 7.95. The van der Waals surface area contributed by atoms with Crippen molar-refractivity contribution in [3.05, 3.63) is 82.9 Å². The number of aromatic nitrogens is 2. The molecule has 0 aliphatic rings. The van der Waals surface area contributed by atoms with Crippen LogP contribution in [0.2, 0.25) is 0 Å². The summed E-state index contributed by atoms with van der Waals surface area (Å²) < 4.78 is 31.8. The van der Waals surface area contributed by atoms with Crippen molar-refractivity contribution in [1.82, 2.24) is 14.7 Å². The van der Waals surface area contributed by atoms with Gasteiger partial charge in [0.1, 0.15) is 0 Å². The number of hydrogen-bond acceptors (Lipinski definition) is 6. The molecule has 29 heavy (non-hydrogen) atoms. The van der Waals surface area contributed by atoms with E-state index in [-0.39, 0.29) is 28.4 Å². The summed E-state index contributed by atoms with van der Waals surface area (Å²) in [6.07, 6.45) is 0.619. The Bertz CT molecular complexity index is 1220. The molecule has 150 valence electrons. The van der Waals surface area contributed by atoms with Gasteiger partial charge in [0.25, 0.3) is 5.56 Å². The molecule has 2 aromatic carbocycles. The summed E-state index contributed by atoms with van der Waals surface area (Å²) >= 11 is 0. The summed E-state index contributed by atoms with van der Waals surface area (Å²) in [7, 11) is -3.68. The number of ether oxygens (including phenoxy) is 1. The first-order valence-electron chi connectivity index (χ1n) is 8.72. The van der Waals surface area contributed by atoms with Gasteiger partial charge in [-0.25, -0.2) is 22.9 Å². The highest BCUT2D eigenvalue weighted by atomic mass is 32.2. The molecule has 0 saturated carbocycles. The van der Waals surface area contributed by atoms with E-state index in [1.165, 1.54) is 30.3 Å². The van der Waals surface area contributed by atoms with E-state index in [4.69, 9.17) is 4.74 Å². The normalized spacial score (nSPS) is 12.4. The lowest BCUT2D eigenvalue weighted by atomic mass is 10.2. The molecule has 0 aliphatic heterocycles. The molecule has 0 fully saturated rings. The van der Waals surface area contributed by atoms with Crippen LogP contribution in [-0.2, 0) is 14.8 Å². The van der Waals surface area contributed by atoms with Crippen LogP contribution < -0.4 is 10.3 Å². The molecular formula is C20H19N3O5S. The Labute approximate surface area is 167 Å². The molecule has 0 aliphatic carbocycles. The second-order valence-electron chi connectivity index (χ2n) is 6.18. The third kappa shape index (κ3) is 4.58. The maximum atomic E-state index is 12.4. The zero-order chi connectivity index (χ0) is 21.0. The van der Waals surface area contributed by atoms with Gasteiger partial charge < -0.3 is 9.72 Å². The van der Waals surface area contributed by atoms with Crippen molar-refractivity contribution in [1.29, 1.82) is 0 Å². The highest BCUT2D eigenvalue weighted by Gasteiger charge is 2.18. The van der Waals surface area contributed by atoms with E-state index >= 15 is 0 Å². The van der Waals surface area contributed by atoms with Gasteiger partial charge in [0.2, 0.25) is 10.0 Å². The molecule has 1 atom stereocenters. The molecule has 2 N–H and O–H groups in total. The lowest BCUT2D eigenvalue weighted by Gasteiger charge is -2.13. The van der Waals surface area contributed by atoms with Crippen LogP contribution in [0.3, 0.4) is 0 Å². The second kappa shape index (κ2) is 8.38. The molecule has 0 radical (unpaired) electrons. The predicted octanol–water partition coefficient (Wildman–Crippen LogP) is 2.31. The number of benzene rings is 2. The van der Waals surface area contributed by atoms with Crippen LogP contribution in [0.25, 0.3) is 10.9 Å². The molecule has 3 aromatic rings. The van der Waals surface area contributed by atoms with Gasteiger partial charge in [0, 0.05) is 6.54 Å². The number of nitrogens with one attached hydrogen (secondary N) is 2. The van der Waals surface area contributed by atoms with Crippen molar-refractivity contribution in [2.45, 2.75) is 17.9 Å². The van der Waals surface area contributed by atoms with Crippen molar-refractivity contribution < 1.29 is 17.9 Å². The summed E-state index contributed by atoms with van der Waals surface area (Å²) in [6.45, 7) is 5.14. The number of carbonyl (C=O) groups is 1. The number of para-hydroxylation sites is 1. The standard InChI is InChI=1S/C20H19N3O5S/c1-3-12-21-29(26,27)15-10-8-14(9-11-15)20(25)28-13(2)18-22-17-7-5-4-6-16(17)19(24)23-18/h3-11,13,21H,1,12H2,2H3,(H,22,23,24). The van der Waals surface area contributed by atoms with E-state index < -0.39 is 22.1 Å². The van der Waals surface area contributed by atoms with Crippen LogP contribution in [0.5, 0.6) is 0 Å². The van der Waals surface area contributed by atoms with E-state index in [0.29, 0.717) is 10.9 Å². The number of aromatic amines is 1. The average molecular weight is 413 g/mol. The van der Waals surface area contributed by atoms with Gasteiger partial charge in [0.15, 0.2) is 11.9 Å². The van der Waals surface area contributed by atoms with Gasteiger partial charge in [-0.15, -0.1) is 6.58 Å². The monoisotopic (exact) mass is 413 g/mol. The first-order chi connectivity index (χ1) is 13.8. The Hall–Kier alpha value is -3.30. The van der Waals surface area contributed by atoms with Crippen LogP contribution >= 0.6 is 0 Å². The summed E-state index contributed by atoms with van der Waals surface area (Å²) in [4.78, 5) is 31.5. The fraction of sp³-hybridized carbons (Fsp3) is 0.150. The van der Waals surface area contributed by atoms with Gasteiger partial charge in [-0.1, -0.05) is 18.2 Å². The Morgan fingerprint density at radius 3 is 2.62 bits per heavy atom. The number of fused-ring (bicyclic) bond motifs is 1. The lowest BCUT2D eigenvalue weighted by Crippen LogP contribution is -2.23. The largest absolute Gasteiger partial charge is 0.451 e. The molecular weight excluding hydrogens is 394 g/mol. The third-order valence-corrected chi connectivity index (χ3v) is 5.56. The van der Waals surface area contributed by atoms with Crippen molar-refractivity contribution in [2.75, 3.05) is 6.54 Å². The summed E-state index contributed by atoms with van der Waals surface area (Å²) in [5.74, 6) is -0.453. The molecule has 0 bridgehead atoms. The van der Waals surface area contributed by atoms with Crippen molar-refractivity contribution in [2.24, 2.45) is 0 Å². The maximum absolute atomic E-state index is 12.4. The van der Waals surface area contributed by atoms with Gasteiger partial charge in [0.05, 0.1) is 21.4 Å². The Balaban J connectivity index is 1.76. The lowest BCUT2D eigenvalue weighted by molar-refractivity contribution is 0.0320. The van der Waals surface area contributed by atoms with Gasteiger partial charge >= 0.3 is 5.97 Å². The Kier molecular flexibility index (Phi) is 5.90. The van der Waals surface area contributed by atoms with Crippen LogP contribution in [0.1, 0.15) is 29.2 Å². The Morgan fingerprint density at radius 1 is 1.24 bits per heavy atom. The molecule has 1 heterocycles. The van der Waals surface area contributed by atoms with E-state index in [1.54, 1.807) is 31.2 Å². The molecule has 9 heteroatoms. The zero-order valence-corrected chi connectivity index (χ0v) is 16.4. The molecule has 1 aromatic heterocycles. The number of esters is 1. The highest BCUT2D eigenvalue weighted by Crippen LogP contribution is 2.18.